The quantitative estimate of drug-likeness (QED) is 0.676. The van der Waals surface area contributed by atoms with E-state index in [1.165, 1.54) is 6.07 Å². The molecule has 0 aliphatic carbocycles. The van der Waals surface area contributed by atoms with Crippen molar-refractivity contribution in [2.75, 3.05) is 18.5 Å². The van der Waals surface area contributed by atoms with Gasteiger partial charge in [-0.3, -0.25) is 4.79 Å². The zero-order valence-electron chi connectivity index (χ0n) is 14.7. The van der Waals surface area contributed by atoms with Gasteiger partial charge in [0.2, 0.25) is 0 Å². The predicted molar refractivity (Wildman–Crippen MR) is 97.2 cm³/mol. The third-order valence-corrected chi connectivity index (χ3v) is 3.94. The zero-order chi connectivity index (χ0) is 20.2. The summed E-state index contributed by atoms with van der Waals surface area (Å²) >= 11 is 5.85. The van der Waals surface area contributed by atoms with Crippen LogP contribution in [0.1, 0.15) is 29.8 Å². The number of carbonyl (C=O) groups is 1. The van der Waals surface area contributed by atoms with Crippen molar-refractivity contribution in [3.8, 4) is 0 Å². The summed E-state index contributed by atoms with van der Waals surface area (Å²) in [4.78, 5) is 16.1. The molecule has 1 heterocycles. The zero-order valence-corrected chi connectivity index (χ0v) is 15.4. The van der Waals surface area contributed by atoms with E-state index >= 15 is 0 Å². The fraction of sp³-hybridized carbons (Fsp3) is 0.333. The number of hydrogen-bond acceptors (Lipinski definition) is 4. The minimum Gasteiger partial charge on any atom is -0.396 e. The molecule has 0 saturated heterocycles. The Kier molecular flexibility index (Phi) is 6.33. The molecule has 146 valence electrons. The number of aliphatic hydroxyl groups excluding tert-OH is 1. The van der Waals surface area contributed by atoms with Crippen molar-refractivity contribution in [3.63, 3.8) is 0 Å². The lowest BCUT2D eigenvalue weighted by Gasteiger charge is -2.22. The summed E-state index contributed by atoms with van der Waals surface area (Å²) in [7, 11) is 0. The lowest BCUT2D eigenvalue weighted by atomic mass is 9.95. The number of halogens is 4. The highest BCUT2D eigenvalue weighted by atomic mass is 35.5. The molecule has 0 radical (unpaired) electrons. The van der Waals surface area contributed by atoms with Crippen molar-refractivity contribution in [2.45, 2.75) is 20.0 Å². The van der Waals surface area contributed by atoms with Gasteiger partial charge in [0.25, 0.3) is 5.91 Å². The van der Waals surface area contributed by atoms with Crippen molar-refractivity contribution in [1.82, 2.24) is 10.3 Å². The SMILES string of the molecule is CC(C)(CO)CNC(=O)c1cnc(Nc2cccc(Cl)c2)cc1C(F)(F)F. The third kappa shape index (κ3) is 5.83. The second kappa shape index (κ2) is 8.14. The molecule has 1 aromatic heterocycles. The van der Waals surface area contributed by atoms with E-state index in [2.05, 4.69) is 15.6 Å². The molecule has 1 aromatic carbocycles. The summed E-state index contributed by atoms with van der Waals surface area (Å²) in [6.07, 6.45) is -3.87. The van der Waals surface area contributed by atoms with E-state index in [9.17, 15) is 23.1 Å². The van der Waals surface area contributed by atoms with Crippen LogP contribution in [0.4, 0.5) is 24.7 Å². The number of alkyl halides is 3. The Bertz CT molecular complexity index is 826. The molecule has 0 aliphatic rings. The van der Waals surface area contributed by atoms with Crippen molar-refractivity contribution in [1.29, 1.82) is 0 Å². The highest BCUT2D eigenvalue weighted by Gasteiger charge is 2.36. The molecule has 0 spiro atoms. The van der Waals surface area contributed by atoms with E-state index in [-0.39, 0.29) is 19.0 Å². The highest BCUT2D eigenvalue weighted by molar-refractivity contribution is 6.30. The Hall–Kier alpha value is -2.32. The molecule has 1 amide bonds. The Labute approximate surface area is 159 Å². The number of pyridine rings is 1. The smallest absolute Gasteiger partial charge is 0.396 e. The number of aromatic nitrogens is 1. The largest absolute Gasteiger partial charge is 0.417 e. The van der Waals surface area contributed by atoms with Crippen molar-refractivity contribution in [2.24, 2.45) is 5.41 Å². The van der Waals surface area contributed by atoms with Crippen LogP contribution >= 0.6 is 11.6 Å². The number of amides is 1. The number of nitrogens with zero attached hydrogens (tertiary/aromatic N) is 1. The highest BCUT2D eigenvalue weighted by Crippen LogP contribution is 2.34. The monoisotopic (exact) mass is 401 g/mol. The molecule has 9 heteroatoms. The lowest BCUT2D eigenvalue weighted by Crippen LogP contribution is -2.36. The maximum atomic E-state index is 13.4. The lowest BCUT2D eigenvalue weighted by molar-refractivity contribution is -0.137. The van der Waals surface area contributed by atoms with Gasteiger partial charge in [-0.05, 0) is 24.3 Å². The van der Waals surface area contributed by atoms with E-state index in [1.807, 2.05) is 0 Å². The molecular weight excluding hydrogens is 383 g/mol. The molecule has 0 saturated carbocycles. The van der Waals surface area contributed by atoms with Crippen LogP contribution in [-0.4, -0.2) is 29.1 Å². The molecule has 3 N–H and O–H groups in total. The summed E-state index contributed by atoms with van der Waals surface area (Å²) in [6.45, 7) is 3.14. The summed E-state index contributed by atoms with van der Waals surface area (Å²) < 4.78 is 40.3. The first-order chi connectivity index (χ1) is 12.5. The van der Waals surface area contributed by atoms with Crippen LogP contribution in [0.3, 0.4) is 0 Å². The maximum absolute atomic E-state index is 13.4. The number of benzene rings is 1. The second-order valence-corrected chi connectivity index (χ2v) is 7.19. The van der Waals surface area contributed by atoms with E-state index in [1.54, 1.807) is 32.0 Å². The maximum Gasteiger partial charge on any atom is 0.417 e. The minimum atomic E-state index is -4.74. The van der Waals surface area contributed by atoms with Crippen LogP contribution in [0.2, 0.25) is 5.02 Å². The Balaban J connectivity index is 2.29. The van der Waals surface area contributed by atoms with Gasteiger partial charge in [0, 0.05) is 35.5 Å². The molecule has 0 atom stereocenters. The first-order valence-corrected chi connectivity index (χ1v) is 8.38. The molecule has 2 rings (SSSR count). The van der Waals surface area contributed by atoms with Gasteiger partial charge in [-0.2, -0.15) is 13.2 Å². The Morgan fingerprint density at radius 2 is 1.96 bits per heavy atom. The van der Waals surface area contributed by atoms with Crippen LogP contribution in [0.25, 0.3) is 0 Å². The molecule has 27 heavy (non-hydrogen) atoms. The topological polar surface area (TPSA) is 74.2 Å². The van der Waals surface area contributed by atoms with Crippen LogP contribution < -0.4 is 10.6 Å². The Morgan fingerprint density at radius 3 is 2.56 bits per heavy atom. The predicted octanol–water partition coefficient (Wildman–Crippen LogP) is 4.25. The number of anilines is 2. The second-order valence-electron chi connectivity index (χ2n) is 6.75. The summed E-state index contributed by atoms with van der Waals surface area (Å²) in [5, 5.41) is 14.7. The van der Waals surface area contributed by atoms with Crippen molar-refractivity contribution >= 4 is 29.0 Å². The number of aliphatic hydroxyl groups is 1. The number of rotatable bonds is 6. The molecule has 0 unspecified atom stereocenters. The fourth-order valence-electron chi connectivity index (χ4n) is 2.12. The van der Waals surface area contributed by atoms with Gasteiger partial charge in [0.05, 0.1) is 11.1 Å². The fourth-order valence-corrected chi connectivity index (χ4v) is 2.31. The van der Waals surface area contributed by atoms with Gasteiger partial charge in [0.1, 0.15) is 5.82 Å². The van der Waals surface area contributed by atoms with Gasteiger partial charge >= 0.3 is 6.18 Å². The molecule has 0 aliphatic heterocycles. The van der Waals surface area contributed by atoms with Crippen LogP contribution in [-0.2, 0) is 6.18 Å². The molecule has 0 bridgehead atoms. The number of hydrogen-bond donors (Lipinski definition) is 3. The van der Waals surface area contributed by atoms with Crippen molar-refractivity contribution < 1.29 is 23.1 Å². The van der Waals surface area contributed by atoms with Crippen LogP contribution in [0, 0.1) is 5.41 Å². The molecular formula is C18H19ClF3N3O2. The molecule has 2 aromatic rings. The summed E-state index contributed by atoms with van der Waals surface area (Å²) in [6, 6.07) is 7.20. The normalized spacial score (nSPS) is 12.0. The average Bonchev–Trinajstić information content (AvgIpc) is 2.59. The molecule has 0 fully saturated rings. The number of nitrogens with one attached hydrogen (secondary N) is 2. The van der Waals surface area contributed by atoms with Crippen molar-refractivity contribution in [3.05, 3.63) is 52.7 Å². The third-order valence-electron chi connectivity index (χ3n) is 3.71. The minimum absolute atomic E-state index is 0.0160. The van der Waals surface area contributed by atoms with E-state index in [0.717, 1.165) is 12.3 Å². The van der Waals surface area contributed by atoms with E-state index in [0.29, 0.717) is 10.7 Å². The number of carbonyl (C=O) groups excluding carboxylic acids is 1. The van der Waals surface area contributed by atoms with Gasteiger partial charge in [-0.25, -0.2) is 4.98 Å². The first-order valence-electron chi connectivity index (χ1n) is 8.01. The molecule has 5 nitrogen and oxygen atoms in total. The van der Waals surface area contributed by atoms with Gasteiger partial charge in [-0.1, -0.05) is 31.5 Å². The summed E-state index contributed by atoms with van der Waals surface area (Å²) in [5.41, 5.74) is -1.89. The first kappa shape index (κ1) is 21.0. The van der Waals surface area contributed by atoms with E-state index < -0.39 is 28.6 Å². The standard InChI is InChI=1S/C18H19ClF3N3O2/c1-17(2,10-26)9-24-16(27)13-8-23-15(7-14(13)18(20,21)22)25-12-5-3-4-11(19)6-12/h3-8,26H,9-10H2,1-2H3,(H,23,25)(H,24,27). The average molecular weight is 402 g/mol. The van der Waals surface area contributed by atoms with Crippen LogP contribution in [0.15, 0.2) is 36.5 Å². The van der Waals surface area contributed by atoms with Gasteiger partial charge < -0.3 is 15.7 Å². The van der Waals surface area contributed by atoms with Crippen LogP contribution in [0.5, 0.6) is 0 Å². The summed E-state index contributed by atoms with van der Waals surface area (Å²) in [5.74, 6) is -0.984. The van der Waals surface area contributed by atoms with Gasteiger partial charge in [-0.15, -0.1) is 0 Å². The Morgan fingerprint density at radius 1 is 1.26 bits per heavy atom. The van der Waals surface area contributed by atoms with E-state index in [4.69, 9.17) is 11.6 Å². The van der Waals surface area contributed by atoms with Gasteiger partial charge in [0.15, 0.2) is 0 Å².